The normalized spacial score (nSPS) is 23.5. The first-order valence-corrected chi connectivity index (χ1v) is 16.5. The van der Waals surface area contributed by atoms with Crippen molar-refractivity contribution in [2.45, 2.75) is 74.0 Å². The molecule has 0 amide bonds. The summed E-state index contributed by atoms with van der Waals surface area (Å²) in [5.74, 6) is 0.0209. The van der Waals surface area contributed by atoms with Crippen molar-refractivity contribution in [2.75, 3.05) is 5.75 Å². The van der Waals surface area contributed by atoms with E-state index in [9.17, 15) is 13.2 Å². The Hall–Kier alpha value is -2.41. The van der Waals surface area contributed by atoms with Gasteiger partial charge in [-0.05, 0) is 81.9 Å². The van der Waals surface area contributed by atoms with Crippen molar-refractivity contribution >= 4 is 26.2 Å². The van der Waals surface area contributed by atoms with Gasteiger partial charge in [0.05, 0.1) is 11.2 Å². The number of fused-ring (bicyclic) bond motifs is 2. The Bertz CT molecular complexity index is 1380. The molecule has 0 spiro atoms. The number of hydrogen-bond acceptors (Lipinski definition) is 4. The van der Waals surface area contributed by atoms with Crippen LogP contribution in [0.4, 0.5) is 0 Å². The van der Waals surface area contributed by atoms with Crippen LogP contribution in [0.15, 0.2) is 99.6 Å². The molecule has 3 aromatic rings. The van der Waals surface area contributed by atoms with Crippen LogP contribution in [-0.4, -0.2) is 20.0 Å². The van der Waals surface area contributed by atoms with Crippen LogP contribution in [0, 0.1) is 16.7 Å². The Labute approximate surface area is 229 Å². The minimum absolute atomic E-state index is 0.0461. The predicted octanol–water partition coefficient (Wildman–Crippen LogP) is 7.92. The molecule has 0 saturated heterocycles. The van der Waals surface area contributed by atoms with Crippen molar-refractivity contribution in [2.24, 2.45) is 16.7 Å². The molecule has 2 aliphatic carbocycles. The molecule has 38 heavy (non-hydrogen) atoms. The van der Waals surface area contributed by atoms with Gasteiger partial charge in [0, 0.05) is 21.1 Å². The molecule has 2 aliphatic rings. The van der Waals surface area contributed by atoms with Gasteiger partial charge < -0.3 is 0 Å². The van der Waals surface area contributed by atoms with E-state index in [1.165, 1.54) is 0 Å². The molecule has 2 saturated carbocycles. The average Bonchev–Trinajstić information content (AvgIpc) is 3.22. The maximum atomic E-state index is 14.2. The summed E-state index contributed by atoms with van der Waals surface area (Å²) >= 11 is 0. The minimum Gasteiger partial charge on any atom is -0.299 e. The number of rotatable bonds is 7. The lowest BCUT2D eigenvalue weighted by Gasteiger charge is -2.42. The van der Waals surface area contributed by atoms with E-state index in [0.29, 0.717) is 12.8 Å². The van der Waals surface area contributed by atoms with Gasteiger partial charge in [-0.25, -0.2) is 3.63 Å². The number of hydrogen-bond donors (Lipinski definition) is 0. The van der Waals surface area contributed by atoms with Crippen LogP contribution in [0.25, 0.3) is 0 Å². The lowest BCUT2D eigenvalue weighted by molar-refractivity contribution is -0.128. The highest BCUT2D eigenvalue weighted by Crippen LogP contribution is 2.71. The number of carbonyl (C=O) groups excluding carboxylic acids is 1. The first-order chi connectivity index (χ1) is 17.8. The highest BCUT2D eigenvalue weighted by Gasteiger charge is 2.65. The van der Waals surface area contributed by atoms with Crippen molar-refractivity contribution < 1.29 is 16.8 Å². The van der Waals surface area contributed by atoms with Gasteiger partial charge in [-0.3, -0.25) is 4.79 Å². The fourth-order valence-corrected chi connectivity index (χ4v) is 12.6. The maximum Gasteiger partial charge on any atom is 0.278 e. The molecule has 0 aromatic heterocycles. The van der Waals surface area contributed by atoms with E-state index >= 15 is 0 Å². The van der Waals surface area contributed by atoms with Crippen molar-refractivity contribution in [1.29, 1.82) is 0 Å². The lowest BCUT2D eigenvalue weighted by Crippen LogP contribution is -2.42. The van der Waals surface area contributed by atoms with Crippen LogP contribution in [0.5, 0.6) is 0 Å². The molecule has 2 bridgehead atoms. The van der Waals surface area contributed by atoms with Crippen LogP contribution < -0.4 is 0 Å². The summed E-state index contributed by atoms with van der Waals surface area (Å²) < 4.78 is 35.0. The Morgan fingerprint density at radius 3 is 1.74 bits per heavy atom. The molecule has 0 heterocycles. The van der Waals surface area contributed by atoms with E-state index in [1.54, 1.807) is 0 Å². The SMILES string of the molecule is CC(C)(C)c1ccc(S(OS(=O)(=O)CC23CCC(CC2=O)C3(C)C)(c2ccccc2)c2ccccc2)cc1. The standard InChI is InChI=1S/C32H38O4S2/c1-30(2,3)24-16-18-28(19-17-24)38(26-12-8-6-9-13-26,27-14-10-7-11-15-27)36-37(34,35)23-32-21-20-25(22-29(32)33)31(32,4)5/h6-19,25H,20-23H2,1-5H3. The highest BCUT2D eigenvalue weighted by molar-refractivity contribution is 8.33. The van der Waals surface area contributed by atoms with Crippen molar-refractivity contribution in [3.05, 3.63) is 90.5 Å². The number of ketones is 1. The molecule has 2 unspecified atom stereocenters. The molecular weight excluding hydrogens is 512 g/mol. The summed E-state index contributed by atoms with van der Waals surface area (Å²) in [7, 11) is -6.81. The fourth-order valence-electron chi connectivity index (χ4n) is 6.49. The van der Waals surface area contributed by atoms with Gasteiger partial charge in [-0.1, -0.05) is 83.1 Å². The molecule has 202 valence electrons. The third kappa shape index (κ3) is 4.35. The van der Waals surface area contributed by atoms with E-state index in [4.69, 9.17) is 3.63 Å². The number of carbonyl (C=O) groups is 1. The largest absolute Gasteiger partial charge is 0.299 e. The molecule has 2 fully saturated rings. The second kappa shape index (κ2) is 9.35. The minimum atomic E-state index is -4.14. The zero-order valence-corrected chi connectivity index (χ0v) is 24.6. The van der Waals surface area contributed by atoms with Crippen molar-refractivity contribution in [3.8, 4) is 0 Å². The van der Waals surface area contributed by atoms with Gasteiger partial charge in [0.1, 0.15) is 5.78 Å². The summed E-state index contributed by atoms with van der Waals surface area (Å²) in [6.45, 7) is 10.6. The molecule has 5 rings (SSSR count). The van der Waals surface area contributed by atoms with E-state index in [1.807, 2.05) is 72.8 Å². The quantitative estimate of drug-likeness (QED) is 0.300. The van der Waals surface area contributed by atoms with Crippen LogP contribution in [-0.2, 0) is 24.0 Å². The van der Waals surface area contributed by atoms with Gasteiger partial charge in [-0.2, -0.15) is 8.42 Å². The molecule has 2 atom stereocenters. The molecule has 6 heteroatoms. The number of Topliss-reactive ketones (excluding diaryl/α,β-unsaturated/α-hetero) is 1. The van der Waals surface area contributed by atoms with E-state index in [2.05, 4.69) is 46.8 Å². The topological polar surface area (TPSA) is 60.4 Å². The second-order valence-electron chi connectivity index (χ2n) is 12.4. The zero-order valence-electron chi connectivity index (χ0n) is 22.9. The van der Waals surface area contributed by atoms with Gasteiger partial charge in [0.2, 0.25) is 0 Å². The third-order valence-corrected chi connectivity index (χ3v) is 14.3. The van der Waals surface area contributed by atoms with Gasteiger partial charge in [0.25, 0.3) is 10.1 Å². The van der Waals surface area contributed by atoms with Crippen molar-refractivity contribution in [1.82, 2.24) is 0 Å². The van der Waals surface area contributed by atoms with Gasteiger partial charge in [0.15, 0.2) is 0 Å². The summed E-state index contributed by atoms with van der Waals surface area (Å²) in [4.78, 5) is 15.7. The first-order valence-electron chi connectivity index (χ1n) is 13.3. The molecule has 3 aromatic carbocycles. The Kier molecular flexibility index (Phi) is 6.69. The smallest absolute Gasteiger partial charge is 0.278 e. The Balaban J connectivity index is 1.68. The molecule has 0 N–H and O–H groups in total. The molecule has 0 aliphatic heterocycles. The van der Waals surface area contributed by atoms with E-state index in [-0.39, 0.29) is 28.3 Å². The lowest BCUT2D eigenvalue weighted by atomic mass is 9.70. The van der Waals surface area contributed by atoms with Crippen LogP contribution in [0.3, 0.4) is 0 Å². The molecule has 4 nitrogen and oxygen atoms in total. The highest BCUT2D eigenvalue weighted by atomic mass is 32.3. The molecule has 0 radical (unpaired) electrons. The van der Waals surface area contributed by atoms with Crippen LogP contribution in [0.1, 0.15) is 59.4 Å². The van der Waals surface area contributed by atoms with Crippen LogP contribution >= 0.6 is 10.3 Å². The van der Waals surface area contributed by atoms with Crippen LogP contribution in [0.2, 0.25) is 0 Å². The van der Waals surface area contributed by atoms with Gasteiger partial charge in [-0.15, -0.1) is 0 Å². The average molecular weight is 551 g/mol. The van der Waals surface area contributed by atoms with Crippen molar-refractivity contribution in [3.63, 3.8) is 0 Å². The second-order valence-corrected chi connectivity index (χ2v) is 16.9. The fraction of sp³-hybridized carbons (Fsp3) is 0.406. The number of benzene rings is 3. The predicted molar refractivity (Wildman–Crippen MR) is 154 cm³/mol. The summed E-state index contributed by atoms with van der Waals surface area (Å²) in [5.41, 5.74) is -0.153. The summed E-state index contributed by atoms with van der Waals surface area (Å²) in [6.07, 6.45) is 1.95. The maximum absolute atomic E-state index is 14.2. The van der Waals surface area contributed by atoms with E-state index < -0.39 is 25.8 Å². The van der Waals surface area contributed by atoms with E-state index in [0.717, 1.165) is 26.7 Å². The molecular formula is C32H38O4S2. The Morgan fingerprint density at radius 1 is 0.816 bits per heavy atom. The van der Waals surface area contributed by atoms with Gasteiger partial charge >= 0.3 is 0 Å². The summed E-state index contributed by atoms with van der Waals surface area (Å²) in [6, 6.07) is 27.5. The first kappa shape index (κ1) is 27.2. The zero-order chi connectivity index (χ0) is 27.4. The summed E-state index contributed by atoms with van der Waals surface area (Å²) in [5, 5.41) is 0. The monoisotopic (exact) mass is 550 g/mol. The Morgan fingerprint density at radius 2 is 1.32 bits per heavy atom. The third-order valence-electron chi connectivity index (χ3n) is 8.97.